The van der Waals surface area contributed by atoms with Gasteiger partial charge in [-0.2, -0.15) is 13.2 Å². The number of pyridine rings is 1. The van der Waals surface area contributed by atoms with Crippen molar-refractivity contribution in [3.63, 3.8) is 0 Å². The number of piperazine rings is 1. The summed E-state index contributed by atoms with van der Waals surface area (Å²) in [6, 6.07) is 10.7. The zero-order chi connectivity index (χ0) is 29.1. The van der Waals surface area contributed by atoms with Crippen molar-refractivity contribution in [2.75, 3.05) is 75.5 Å². The van der Waals surface area contributed by atoms with E-state index in [0.29, 0.717) is 55.7 Å². The van der Waals surface area contributed by atoms with Crippen LogP contribution in [0.25, 0.3) is 11.1 Å². The van der Waals surface area contributed by atoms with E-state index >= 15 is 4.39 Å². The van der Waals surface area contributed by atoms with Gasteiger partial charge in [-0.1, -0.05) is 12.1 Å². The highest BCUT2D eigenvalue weighted by Crippen LogP contribution is 2.36. The maximum absolute atomic E-state index is 15.1. The number of nitrogen functional groups attached to an aromatic ring is 1. The molecule has 2 aromatic carbocycles. The summed E-state index contributed by atoms with van der Waals surface area (Å²) >= 11 is 0. The van der Waals surface area contributed by atoms with Crippen LogP contribution in [0.1, 0.15) is 21.5 Å². The van der Waals surface area contributed by atoms with Gasteiger partial charge in [-0.15, -0.1) is 0 Å². The van der Waals surface area contributed by atoms with Crippen molar-refractivity contribution < 1.29 is 27.1 Å². The van der Waals surface area contributed by atoms with Crippen LogP contribution in [0.5, 0.6) is 0 Å². The Morgan fingerprint density at radius 1 is 1.02 bits per heavy atom. The summed E-state index contributed by atoms with van der Waals surface area (Å²) in [5.41, 5.74) is 6.31. The van der Waals surface area contributed by atoms with Gasteiger partial charge < -0.3 is 25.6 Å². The van der Waals surface area contributed by atoms with Crippen LogP contribution in [0.3, 0.4) is 0 Å². The third-order valence-corrected chi connectivity index (χ3v) is 7.42. The summed E-state index contributed by atoms with van der Waals surface area (Å²) in [5, 5.41) is 2.66. The highest BCUT2D eigenvalue weighted by molar-refractivity contribution is 6.07. The lowest BCUT2D eigenvalue weighted by atomic mass is 10.00. The lowest BCUT2D eigenvalue weighted by molar-refractivity contribution is -0.137. The number of benzene rings is 2. The molecule has 0 aliphatic carbocycles. The number of ether oxygens (including phenoxy) is 1. The maximum atomic E-state index is 15.1. The Morgan fingerprint density at radius 3 is 2.46 bits per heavy atom. The number of hydrogen-bond donors (Lipinski definition) is 2. The molecule has 1 amide bonds. The number of halogens is 4. The molecule has 12 heteroatoms. The third kappa shape index (κ3) is 6.77. The van der Waals surface area contributed by atoms with Crippen molar-refractivity contribution >= 4 is 23.1 Å². The monoisotopic (exact) mass is 572 g/mol. The molecule has 3 N–H and O–H groups in total. The summed E-state index contributed by atoms with van der Waals surface area (Å²) in [6.07, 6.45) is -3.99. The summed E-state index contributed by atoms with van der Waals surface area (Å²) < 4.78 is 61.8. The molecule has 0 bridgehead atoms. The van der Waals surface area contributed by atoms with Gasteiger partial charge in [0.1, 0.15) is 11.6 Å². The smallest absolute Gasteiger partial charge is 0.384 e. The Hall–Kier alpha value is -3.74. The van der Waals surface area contributed by atoms with Gasteiger partial charge in [-0.05, 0) is 48.5 Å². The molecule has 3 heterocycles. The number of aromatic nitrogens is 1. The van der Waals surface area contributed by atoms with Crippen LogP contribution < -0.4 is 16.0 Å². The van der Waals surface area contributed by atoms with Gasteiger partial charge in [-0.25, -0.2) is 9.37 Å². The van der Waals surface area contributed by atoms with E-state index in [2.05, 4.69) is 25.0 Å². The van der Waals surface area contributed by atoms with E-state index in [1.54, 1.807) is 30.3 Å². The number of morpholine rings is 1. The molecule has 0 saturated carbocycles. The molecule has 1 aromatic heterocycles. The normalized spacial score (nSPS) is 17.0. The summed E-state index contributed by atoms with van der Waals surface area (Å²) in [6.45, 7) is 6.32. The van der Waals surface area contributed by atoms with Crippen molar-refractivity contribution in [1.29, 1.82) is 0 Å². The zero-order valence-electron chi connectivity index (χ0n) is 22.7. The molecule has 2 saturated heterocycles. The van der Waals surface area contributed by atoms with Crippen molar-refractivity contribution in [2.24, 2.45) is 0 Å². The average molecular weight is 573 g/mol. The maximum Gasteiger partial charge on any atom is 0.417 e. The van der Waals surface area contributed by atoms with Gasteiger partial charge in [-0.3, -0.25) is 9.69 Å². The highest BCUT2D eigenvalue weighted by Gasteiger charge is 2.36. The van der Waals surface area contributed by atoms with Crippen molar-refractivity contribution in [3.05, 3.63) is 71.2 Å². The van der Waals surface area contributed by atoms with E-state index in [1.165, 1.54) is 6.07 Å². The quantitative estimate of drug-likeness (QED) is 0.426. The minimum absolute atomic E-state index is 0.278. The van der Waals surface area contributed by atoms with Gasteiger partial charge in [0, 0.05) is 57.6 Å². The number of hydrogen-bond acceptors (Lipinski definition) is 7. The van der Waals surface area contributed by atoms with Gasteiger partial charge >= 0.3 is 6.18 Å². The van der Waals surface area contributed by atoms with Crippen LogP contribution in [0, 0.1) is 5.82 Å². The molecule has 41 heavy (non-hydrogen) atoms. The topological polar surface area (TPSA) is 87.0 Å². The fraction of sp³-hybridized carbons (Fsp3) is 0.379. The van der Waals surface area contributed by atoms with Gasteiger partial charge in [0.15, 0.2) is 0 Å². The van der Waals surface area contributed by atoms with E-state index < -0.39 is 29.0 Å². The first-order chi connectivity index (χ1) is 19.6. The second-order valence-electron chi connectivity index (χ2n) is 10.3. The molecule has 3 aromatic rings. The second kappa shape index (κ2) is 12.0. The standard InChI is InChI=1S/C29H32F4N6O2/c1-37-6-8-39(9-7-37)26-5-3-20(21-14-19(2-4-24(21)30)18-38-10-12-41-13-11-38)15-25(26)36-28(40)22-17-35-27(34)16-23(22)29(31,32)33/h2-5,14-17H,6-13,18H2,1H3,(H2,34,35)(H,36,40). The number of likely N-dealkylation sites (N-methyl/N-ethyl adjacent to an activating group) is 1. The Kier molecular flexibility index (Phi) is 8.43. The van der Waals surface area contributed by atoms with Gasteiger partial charge in [0.25, 0.3) is 5.91 Å². The first-order valence-corrected chi connectivity index (χ1v) is 13.4. The molecule has 0 radical (unpaired) electrons. The van der Waals surface area contributed by atoms with E-state index in [-0.39, 0.29) is 11.5 Å². The molecule has 218 valence electrons. The molecule has 2 fully saturated rings. The lowest BCUT2D eigenvalue weighted by Gasteiger charge is -2.35. The molecule has 0 spiro atoms. The van der Waals surface area contributed by atoms with Crippen LogP contribution in [0.4, 0.5) is 34.8 Å². The summed E-state index contributed by atoms with van der Waals surface area (Å²) in [5.74, 6) is -1.78. The fourth-order valence-electron chi connectivity index (χ4n) is 5.11. The predicted octanol–water partition coefficient (Wildman–Crippen LogP) is 4.33. The molecule has 2 aliphatic heterocycles. The minimum Gasteiger partial charge on any atom is -0.384 e. The molecule has 0 atom stereocenters. The highest BCUT2D eigenvalue weighted by atomic mass is 19.4. The van der Waals surface area contributed by atoms with Crippen molar-refractivity contribution in [3.8, 4) is 11.1 Å². The Morgan fingerprint density at radius 2 is 1.76 bits per heavy atom. The number of nitrogens with two attached hydrogens (primary N) is 1. The first kappa shape index (κ1) is 28.8. The number of nitrogens with zero attached hydrogens (tertiary/aromatic N) is 4. The molecular formula is C29H32F4N6O2. The van der Waals surface area contributed by atoms with Crippen LogP contribution in [0.15, 0.2) is 48.7 Å². The SMILES string of the molecule is CN1CCN(c2ccc(-c3cc(CN4CCOCC4)ccc3F)cc2NC(=O)c2cnc(N)cc2C(F)(F)F)CC1. The van der Waals surface area contributed by atoms with Crippen LogP contribution in [-0.2, 0) is 17.5 Å². The third-order valence-electron chi connectivity index (χ3n) is 7.42. The average Bonchev–Trinajstić information content (AvgIpc) is 2.94. The molecule has 8 nitrogen and oxygen atoms in total. The Bertz CT molecular complexity index is 1400. The van der Waals surface area contributed by atoms with Crippen LogP contribution in [-0.4, -0.2) is 80.2 Å². The zero-order valence-corrected chi connectivity index (χ0v) is 22.7. The molecule has 0 unspecified atom stereocenters. The van der Waals surface area contributed by atoms with Crippen molar-refractivity contribution in [2.45, 2.75) is 12.7 Å². The minimum atomic E-state index is -4.81. The predicted molar refractivity (Wildman–Crippen MR) is 149 cm³/mol. The fourth-order valence-corrected chi connectivity index (χ4v) is 5.11. The number of anilines is 3. The van der Waals surface area contributed by atoms with E-state index in [4.69, 9.17) is 10.5 Å². The van der Waals surface area contributed by atoms with Crippen LogP contribution in [0.2, 0.25) is 0 Å². The van der Waals surface area contributed by atoms with Gasteiger partial charge in [0.2, 0.25) is 0 Å². The first-order valence-electron chi connectivity index (χ1n) is 13.4. The number of rotatable bonds is 6. The Balaban J connectivity index is 1.50. The van der Waals surface area contributed by atoms with Crippen LogP contribution >= 0.6 is 0 Å². The summed E-state index contributed by atoms with van der Waals surface area (Å²) in [7, 11) is 2.00. The van der Waals surface area contributed by atoms with E-state index in [0.717, 1.165) is 37.9 Å². The molecule has 2 aliphatic rings. The number of amides is 1. The number of carbonyl (C=O) groups is 1. The number of alkyl halides is 3. The summed E-state index contributed by atoms with van der Waals surface area (Å²) in [4.78, 5) is 23.4. The lowest BCUT2D eigenvalue weighted by Crippen LogP contribution is -2.44. The van der Waals surface area contributed by atoms with E-state index in [1.807, 2.05) is 7.05 Å². The largest absolute Gasteiger partial charge is 0.417 e. The molecule has 5 rings (SSSR count). The Labute approximate surface area is 235 Å². The van der Waals surface area contributed by atoms with E-state index in [9.17, 15) is 18.0 Å². The van der Waals surface area contributed by atoms with Gasteiger partial charge in [0.05, 0.1) is 35.7 Å². The second-order valence-corrected chi connectivity index (χ2v) is 10.3. The number of nitrogens with one attached hydrogen (secondary N) is 1. The molecular weight excluding hydrogens is 540 g/mol. The van der Waals surface area contributed by atoms with Crippen molar-refractivity contribution in [1.82, 2.24) is 14.8 Å². The number of carbonyl (C=O) groups excluding carboxylic acids is 1.